The lowest BCUT2D eigenvalue weighted by Crippen LogP contribution is -2.40. The highest BCUT2D eigenvalue weighted by atomic mass is 16.6. The summed E-state index contributed by atoms with van der Waals surface area (Å²) >= 11 is 0. The minimum atomic E-state index is -0.414. The topological polar surface area (TPSA) is 79.0 Å². The molecule has 0 radical (unpaired) electrons. The third-order valence-corrected chi connectivity index (χ3v) is 4.48. The third-order valence-electron chi connectivity index (χ3n) is 4.48. The number of amides is 3. The summed E-state index contributed by atoms with van der Waals surface area (Å²) in [4.78, 5) is 38.7. The zero-order valence-corrected chi connectivity index (χ0v) is 14.7. The highest BCUT2D eigenvalue weighted by molar-refractivity contribution is 5.98. The van der Waals surface area contributed by atoms with Gasteiger partial charge < -0.3 is 15.0 Å². The normalized spacial score (nSPS) is 19.9. The quantitative estimate of drug-likeness (QED) is 0.903. The van der Waals surface area contributed by atoms with E-state index in [1.807, 2.05) is 36.9 Å². The van der Waals surface area contributed by atoms with Crippen molar-refractivity contribution in [1.82, 2.24) is 5.32 Å². The zero-order chi connectivity index (χ0) is 18.1. The average molecular weight is 345 g/mol. The van der Waals surface area contributed by atoms with Crippen molar-refractivity contribution in [2.24, 2.45) is 0 Å². The first kappa shape index (κ1) is 17.3. The predicted molar refractivity (Wildman–Crippen MR) is 93.7 cm³/mol. The molecular formula is C18H23N3O4. The molecule has 25 heavy (non-hydrogen) atoms. The lowest BCUT2D eigenvalue weighted by molar-refractivity contribution is -0.120. The third kappa shape index (κ3) is 3.45. The van der Waals surface area contributed by atoms with Gasteiger partial charge in [-0.05, 0) is 44.0 Å². The Morgan fingerprint density at radius 1 is 1.32 bits per heavy atom. The van der Waals surface area contributed by atoms with E-state index in [1.165, 1.54) is 6.92 Å². The van der Waals surface area contributed by atoms with Crippen molar-refractivity contribution in [3.8, 4) is 0 Å². The molecule has 1 saturated heterocycles. The number of cyclic esters (lactones) is 1. The number of benzene rings is 1. The van der Waals surface area contributed by atoms with Crippen molar-refractivity contribution in [2.75, 3.05) is 22.9 Å². The van der Waals surface area contributed by atoms with E-state index in [2.05, 4.69) is 5.32 Å². The molecule has 2 aliphatic rings. The van der Waals surface area contributed by atoms with Crippen LogP contribution in [0.4, 0.5) is 16.2 Å². The summed E-state index contributed by atoms with van der Waals surface area (Å²) in [6, 6.07) is 5.79. The van der Waals surface area contributed by atoms with Gasteiger partial charge in [-0.15, -0.1) is 0 Å². The van der Waals surface area contributed by atoms with Gasteiger partial charge in [0.15, 0.2) is 0 Å². The number of fused-ring (bicyclic) bond motifs is 1. The van der Waals surface area contributed by atoms with Gasteiger partial charge in [0.25, 0.3) is 0 Å². The van der Waals surface area contributed by atoms with E-state index in [9.17, 15) is 14.4 Å². The monoisotopic (exact) mass is 345 g/mol. The van der Waals surface area contributed by atoms with Gasteiger partial charge in [0.2, 0.25) is 11.8 Å². The number of carbonyl (C=O) groups is 3. The van der Waals surface area contributed by atoms with Crippen LogP contribution in [-0.2, 0) is 20.7 Å². The molecule has 7 nitrogen and oxygen atoms in total. The molecule has 2 aliphatic heterocycles. The van der Waals surface area contributed by atoms with Gasteiger partial charge in [-0.2, -0.15) is 0 Å². The lowest BCUT2D eigenvalue weighted by Gasteiger charge is -2.33. The number of ether oxygens (including phenoxy) is 1. The fourth-order valence-corrected chi connectivity index (χ4v) is 3.33. The first-order chi connectivity index (χ1) is 11.9. The van der Waals surface area contributed by atoms with Gasteiger partial charge >= 0.3 is 6.09 Å². The number of anilines is 2. The van der Waals surface area contributed by atoms with Crippen molar-refractivity contribution >= 4 is 29.3 Å². The average Bonchev–Trinajstić information content (AvgIpc) is 2.93. The molecule has 134 valence electrons. The predicted octanol–water partition coefficient (Wildman–Crippen LogP) is 1.84. The maximum Gasteiger partial charge on any atom is 0.414 e. The summed E-state index contributed by atoms with van der Waals surface area (Å²) in [5.41, 5.74) is 2.73. The highest BCUT2D eigenvalue weighted by Crippen LogP contribution is 2.33. The van der Waals surface area contributed by atoms with E-state index in [0.29, 0.717) is 25.9 Å². The van der Waals surface area contributed by atoms with E-state index in [-0.39, 0.29) is 24.0 Å². The Morgan fingerprint density at radius 3 is 2.76 bits per heavy atom. The van der Waals surface area contributed by atoms with Gasteiger partial charge in [0.1, 0.15) is 6.10 Å². The summed E-state index contributed by atoms with van der Waals surface area (Å²) in [6.07, 6.45) is 0.372. The minimum absolute atomic E-state index is 0.0937. The fourth-order valence-electron chi connectivity index (χ4n) is 3.33. The molecule has 1 aromatic carbocycles. The number of hydrogen-bond donors (Lipinski definition) is 1. The smallest absolute Gasteiger partial charge is 0.414 e. The Balaban J connectivity index is 1.79. The molecule has 0 aromatic heterocycles. The Labute approximate surface area is 146 Å². The summed E-state index contributed by atoms with van der Waals surface area (Å²) in [5.74, 6) is -0.0204. The molecule has 7 heteroatoms. The molecule has 1 aromatic rings. The van der Waals surface area contributed by atoms with Gasteiger partial charge in [-0.1, -0.05) is 0 Å². The molecule has 0 saturated carbocycles. The lowest BCUT2D eigenvalue weighted by atomic mass is 9.99. The first-order valence-electron chi connectivity index (χ1n) is 8.54. The fraction of sp³-hybridized carbons (Fsp3) is 0.500. The Kier molecular flexibility index (Phi) is 4.65. The Bertz CT molecular complexity index is 716. The van der Waals surface area contributed by atoms with Crippen LogP contribution in [0.25, 0.3) is 0 Å². The SMILES string of the molecule is CC(=O)NCC1CN(c2ccc3c(c2)CCC(=O)N3C(C)C)C(=O)O1. The molecular weight excluding hydrogens is 322 g/mol. The second-order valence-corrected chi connectivity index (χ2v) is 6.72. The molecule has 0 aliphatic carbocycles. The van der Waals surface area contributed by atoms with E-state index >= 15 is 0 Å². The summed E-state index contributed by atoms with van der Waals surface area (Å²) in [5, 5.41) is 2.67. The van der Waals surface area contributed by atoms with Crippen molar-refractivity contribution in [1.29, 1.82) is 0 Å². The van der Waals surface area contributed by atoms with Crippen LogP contribution in [-0.4, -0.2) is 43.1 Å². The second kappa shape index (κ2) is 6.74. The van der Waals surface area contributed by atoms with Crippen LogP contribution < -0.4 is 15.1 Å². The van der Waals surface area contributed by atoms with Crippen LogP contribution >= 0.6 is 0 Å². The van der Waals surface area contributed by atoms with Gasteiger partial charge in [0.05, 0.1) is 13.1 Å². The molecule has 3 amide bonds. The standard InChI is InChI=1S/C18H23N3O4/c1-11(2)21-16-6-5-14(8-13(16)4-7-17(21)23)20-10-15(25-18(20)24)9-19-12(3)22/h5-6,8,11,15H,4,7,9-10H2,1-3H3,(H,19,22). The number of carbonyl (C=O) groups excluding carboxylic acids is 3. The number of rotatable bonds is 4. The Hall–Kier alpha value is -2.57. The molecule has 1 fully saturated rings. The van der Waals surface area contributed by atoms with Crippen LogP contribution in [0, 0.1) is 0 Å². The van der Waals surface area contributed by atoms with Gasteiger partial charge in [-0.3, -0.25) is 14.5 Å². The van der Waals surface area contributed by atoms with Crippen LogP contribution in [0.3, 0.4) is 0 Å². The zero-order valence-electron chi connectivity index (χ0n) is 14.7. The number of aryl methyl sites for hydroxylation is 1. The van der Waals surface area contributed by atoms with E-state index in [1.54, 1.807) is 4.90 Å². The highest BCUT2D eigenvalue weighted by Gasteiger charge is 2.33. The Morgan fingerprint density at radius 2 is 2.08 bits per heavy atom. The summed E-state index contributed by atoms with van der Waals surface area (Å²) in [7, 11) is 0. The van der Waals surface area contributed by atoms with Crippen LogP contribution in [0.2, 0.25) is 0 Å². The molecule has 1 N–H and O–H groups in total. The van der Waals surface area contributed by atoms with Crippen molar-refractivity contribution in [3.05, 3.63) is 23.8 Å². The number of nitrogens with one attached hydrogen (secondary N) is 1. The molecule has 0 bridgehead atoms. The second-order valence-electron chi connectivity index (χ2n) is 6.72. The first-order valence-corrected chi connectivity index (χ1v) is 8.54. The van der Waals surface area contributed by atoms with E-state index in [4.69, 9.17) is 4.74 Å². The summed E-state index contributed by atoms with van der Waals surface area (Å²) < 4.78 is 5.31. The van der Waals surface area contributed by atoms with Gasteiger partial charge in [-0.25, -0.2) is 4.79 Å². The van der Waals surface area contributed by atoms with Crippen LogP contribution in [0.5, 0.6) is 0 Å². The van der Waals surface area contributed by atoms with Crippen molar-refractivity contribution in [2.45, 2.75) is 45.8 Å². The number of nitrogens with zero attached hydrogens (tertiary/aromatic N) is 2. The largest absolute Gasteiger partial charge is 0.442 e. The maximum atomic E-state index is 12.2. The maximum absolute atomic E-state index is 12.2. The molecule has 1 atom stereocenters. The molecule has 1 unspecified atom stereocenters. The van der Waals surface area contributed by atoms with E-state index < -0.39 is 6.09 Å². The minimum Gasteiger partial charge on any atom is -0.442 e. The summed E-state index contributed by atoms with van der Waals surface area (Å²) in [6.45, 7) is 6.11. The van der Waals surface area contributed by atoms with E-state index in [0.717, 1.165) is 16.9 Å². The van der Waals surface area contributed by atoms with Crippen LogP contribution in [0.15, 0.2) is 18.2 Å². The molecule has 0 spiro atoms. The van der Waals surface area contributed by atoms with Crippen LogP contribution in [0.1, 0.15) is 32.8 Å². The van der Waals surface area contributed by atoms with Gasteiger partial charge in [0, 0.05) is 30.8 Å². The molecule has 3 rings (SSSR count). The van der Waals surface area contributed by atoms with Crippen molar-refractivity contribution < 1.29 is 19.1 Å². The molecule has 2 heterocycles. The number of hydrogen-bond acceptors (Lipinski definition) is 4. The van der Waals surface area contributed by atoms with Crippen molar-refractivity contribution in [3.63, 3.8) is 0 Å².